The minimum Gasteiger partial charge on any atom is -0.340 e. The number of halogens is 1. The van der Waals surface area contributed by atoms with E-state index < -0.39 is 0 Å². The van der Waals surface area contributed by atoms with Gasteiger partial charge in [0.05, 0.1) is 12.0 Å². The SMILES string of the molecule is Cc1nc(Nc2ccccc2Br)c2[nH]cnc2n1. The van der Waals surface area contributed by atoms with Gasteiger partial charge in [0.2, 0.25) is 0 Å². The molecule has 1 aromatic carbocycles. The summed E-state index contributed by atoms with van der Waals surface area (Å²) in [6, 6.07) is 7.88. The third-order valence-corrected chi connectivity index (χ3v) is 3.22. The number of aromatic nitrogens is 4. The number of imidazole rings is 1. The minimum atomic E-state index is 0.664. The van der Waals surface area contributed by atoms with Crippen LogP contribution in [0, 0.1) is 6.92 Å². The van der Waals surface area contributed by atoms with Gasteiger partial charge in [0, 0.05) is 4.47 Å². The van der Waals surface area contributed by atoms with Crippen LogP contribution >= 0.6 is 15.9 Å². The van der Waals surface area contributed by atoms with Gasteiger partial charge in [0.15, 0.2) is 11.5 Å². The van der Waals surface area contributed by atoms with Crippen LogP contribution in [0.1, 0.15) is 5.82 Å². The molecule has 90 valence electrons. The quantitative estimate of drug-likeness (QED) is 0.763. The Kier molecular flexibility index (Phi) is 2.71. The van der Waals surface area contributed by atoms with Gasteiger partial charge in [-0.25, -0.2) is 15.0 Å². The molecule has 0 fully saturated rings. The summed E-state index contributed by atoms with van der Waals surface area (Å²) in [5, 5.41) is 3.27. The minimum absolute atomic E-state index is 0.664. The molecule has 3 aromatic rings. The van der Waals surface area contributed by atoms with Gasteiger partial charge in [-0.05, 0) is 35.0 Å². The van der Waals surface area contributed by atoms with Gasteiger partial charge in [-0.1, -0.05) is 12.1 Å². The number of anilines is 2. The van der Waals surface area contributed by atoms with Gasteiger partial charge < -0.3 is 10.3 Å². The van der Waals surface area contributed by atoms with Crippen molar-refractivity contribution in [3.63, 3.8) is 0 Å². The number of nitrogens with zero attached hydrogens (tertiary/aromatic N) is 3. The molecule has 2 heterocycles. The molecule has 0 saturated heterocycles. The Balaban J connectivity index is 2.10. The summed E-state index contributed by atoms with van der Waals surface area (Å²) in [7, 11) is 0. The molecule has 3 rings (SSSR count). The molecule has 0 aliphatic rings. The van der Waals surface area contributed by atoms with E-state index in [0.29, 0.717) is 11.5 Å². The Bertz CT molecular complexity index is 707. The molecule has 2 aromatic heterocycles. The zero-order valence-corrected chi connectivity index (χ0v) is 11.2. The Morgan fingerprint density at radius 1 is 1.22 bits per heavy atom. The van der Waals surface area contributed by atoms with E-state index >= 15 is 0 Å². The summed E-state index contributed by atoms with van der Waals surface area (Å²) in [5.41, 5.74) is 2.42. The first kappa shape index (κ1) is 11.2. The molecular formula is C12H10BrN5. The molecule has 5 nitrogen and oxygen atoms in total. The lowest BCUT2D eigenvalue weighted by molar-refractivity contribution is 1.08. The molecule has 0 radical (unpaired) electrons. The number of fused-ring (bicyclic) bond motifs is 1. The van der Waals surface area contributed by atoms with Crippen LogP contribution in [-0.2, 0) is 0 Å². The number of para-hydroxylation sites is 1. The highest BCUT2D eigenvalue weighted by Crippen LogP contribution is 2.26. The lowest BCUT2D eigenvalue weighted by Crippen LogP contribution is -1.99. The summed E-state index contributed by atoms with van der Waals surface area (Å²) in [5.74, 6) is 1.41. The lowest BCUT2D eigenvalue weighted by Gasteiger charge is -2.08. The highest BCUT2D eigenvalue weighted by Gasteiger charge is 2.09. The normalized spacial score (nSPS) is 10.8. The second kappa shape index (κ2) is 4.38. The second-order valence-corrected chi connectivity index (χ2v) is 4.68. The number of aromatic amines is 1. The summed E-state index contributed by atoms with van der Waals surface area (Å²) < 4.78 is 0.980. The van der Waals surface area contributed by atoms with E-state index in [4.69, 9.17) is 0 Å². The van der Waals surface area contributed by atoms with Gasteiger partial charge in [0.25, 0.3) is 0 Å². The molecule has 18 heavy (non-hydrogen) atoms. The molecule has 0 bridgehead atoms. The molecular weight excluding hydrogens is 294 g/mol. The highest BCUT2D eigenvalue weighted by atomic mass is 79.9. The van der Waals surface area contributed by atoms with Gasteiger partial charge >= 0.3 is 0 Å². The average Bonchev–Trinajstić information content (AvgIpc) is 2.80. The molecule has 2 N–H and O–H groups in total. The number of benzene rings is 1. The highest BCUT2D eigenvalue weighted by molar-refractivity contribution is 9.10. The van der Waals surface area contributed by atoms with E-state index in [0.717, 1.165) is 21.5 Å². The van der Waals surface area contributed by atoms with E-state index in [1.54, 1.807) is 6.33 Å². The van der Waals surface area contributed by atoms with Crippen LogP contribution in [0.3, 0.4) is 0 Å². The van der Waals surface area contributed by atoms with E-state index in [1.807, 2.05) is 31.2 Å². The van der Waals surface area contributed by atoms with Crippen LogP contribution < -0.4 is 5.32 Å². The molecule has 0 aliphatic carbocycles. The van der Waals surface area contributed by atoms with Crippen LogP contribution in [0.25, 0.3) is 11.2 Å². The first-order chi connectivity index (χ1) is 8.74. The van der Waals surface area contributed by atoms with Gasteiger partial charge in [-0.3, -0.25) is 0 Å². The van der Waals surface area contributed by atoms with Crippen molar-refractivity contribution >= 4 is 38.6 Å². The van der Waals surface area contributed by atoms with Crippen LogP contribution in [0.4, 0.5) is 11.5 Å². The number of hydrogen-bond donors (Lipinski definition) is 2. The molecule has 0 spiro atoms. The van der Waals surface area contributed by atoms with E-state index in [-0.39, 0.29) is 0 Å². The van der Waals surface area contributed by atoms with Crippen LogP contribution in [0.15, 0.2) is 35.1 Å². The maximum atomic E-state index is 4.40. The zero-order chi connectivity index (χ0) is 12.5. The monoisotopic (exact) mass is 303 g/mol. The molecule has 0 aliphatic heterocycles. The lowest BCUT2D eigenvalue weighted by atomic mass is 10.3. The van der Waals surface area contributed by atoms with Crippen molar-refractivity contribution < 1.29 is 0 Å². The molecule has 0 atom stereocenters. The fraction of sp³-hybridized carbons (Fsp3) is 0.0833. The first-order valence-corrected chi connectivity index (χ1v) is 6.22. The van der Waals surface area contributed by atoms with Crippen molar-refractivity contribution in [3.05, 3.63) is 40.9 Å². The van der Waals surface area contributed by atoms with Gasteiger partial charge in [0.1, 0.15) is 11.3 Å². The Labute approximate surface area is 112 Å². The third kappa shape index (κ3) is 1.95. The fourth-order valence-electron chi connectivity index (χ4n) is 1.72. The van der Waals surface area contributed by atoms with Gasteiger partial charge in [-0.15, -0.1) is 0 Å². The number of hydrogen-bond acceptors (Lipinski definition) is 4. The number of H-pyrrole nitrogens is 1. The molecule has 6 heteroatoms. The number of aryl methyl sites for hydroxylation is 1. The zero-order valence-electron chi connectivity index (χ0n) is 9.61. The van der Waals surface area contributed by atoms with Crippen molar-refractivity contribution in [2.45, 2.75) is 6.92 Å². The summed E-state index contributed by atoms with van der Waals surface area (Å²) in [6.45, 7) is 1.85. The Morgan fingerprint density at radius 3 is 2.89 bits per heavy atom. The van der Waals surface area contributed by atoms with E-state index in [1.165, 1.54) is 0 Å². The predicted molar refractivity (Wildman–Crippen MR) is 73.8 cm³/mol. The van der Waals surface area contributed by atoms with Crippen molar-refractivity contribution in [1.82, 2.24) is 19.9 Å². The Morgan fingerprint density at radius 2 is 2.06 bits per heavy atom. The largest absolute Gasteiger partial charge is 0.340 e. The van der Waals surface area contributed by atoms with Crippen LogP contribution in [0.5, 0.6) is 0 Å². The fourth-order valence-corrected chi connectivity index (χ4v) is 2.11. The summed E-state index contributed by atoms with van der Waals surface area (Å²) in [6.07, 6.45) is 1.62. The number of nitrogens with one attached hydrogen (secondary N) is 2. The Hall–Kier alpha value is -1.95. The molecule has 0 saturated carbocycles. The van der Waals surface area contributed by atoms with Crippen molar-refractivity contribution in [1.29, 1.82) is 0 Å². The maximum Gasteiger partial charge on any atom is 0.183 e. The first-order valence-electron chi connectivity index (χ1n) is 5.43. The van der Waals surface area contributed by atoms with Crippen LogP contribution in [-0.4, -0.2) is 19.9 Å². The van der Waals surface area contributed by atoms with Crippen molar-refractivity contribution in [2.24, 2.45) is 0 Å². The summed E-state index contributed by atoms with van der Waals surface area (Å²) >= 11 is 3.50. The second-order valence-electron chi connectivity index (χ2n) is 3.83. The molecule has 0 unspecified atom stereocenters. The number of rotatable bonds is 2. The third-order valence-electron chi connectivity index (χ3n) is 2.52. The maximum absolute atomic E-state index is 4.40. The van der Waals surface area contributed by atoms with Gasteiger partial charge in [-0.2, -0.15) is 0 Å². The smallest absolute Gasteiger partial charge is 0.183 e. The summed E-state index contributed by atoms with van der Waals surface area (Å²) in [4.78, 5) is 15.8. The van der Waals surface area contributed by atoms with Crippen molar-refractivity contribution in [2.75, 3.05) is 5.32 Å². The average molecular weight is 304 g/mol. The standard InChI is InChI=1S/C12H10BrN5/c1-7-16-11-10(14-6-15-11)12(17-7)18-9-5-3-2-4-8(9)13/h2-6H,1H3,(H2,14,15,16,17,18). The van der Waals surface area contributed by atoms with Crippen LogP contribution in [0.2, 0.25) is 0 Å². The van der Waals surface area contributed by atoms with E-state index in [9.17, 15) is 0 Å². The topological polar surface area (TPSA) is 66.5 Å². The molecule has 0 amide bonds. The predicted octanol–water partition coefficient (Wildman–Crippen LogP) is 3.17. The van der Waals surface area contributed by atoms with E-state index in [2.05, 4.69) is 41.2 Å². The van der Waals surface area contributed by atoms with Crippen molar-refractivity contribution in [3.8, 4) is 0 Å².